The van der Waals surface area contributed by atoms with Crippen molar-refractivity contribution in [3.8, 4) is 5.75 Å². The minimum Gasteiger partial charge on any atom is -0.489 e. The Morgan fingerprint density at radius 1 is 1.03 bits per heavy atom. The first-order valence-electron chi connectivity index (χ1n) is 12.6. The minimum atomic E-state index is -1.53. The predicted molar refractivity (Wildman–Crippen MR) is 138 cm³/mol. The number of aromatic nitrogens is 1. The lowest BCUT2D eigenvalue weighted by Crippen LogP contribution is -2.52. The molecular weight excluding hydrogens is 505 g/mol. The maximum Gasteiger partial charge on any atom is 0.322 e. The van der Waals surface area contributed by atoms with Gasteiger partial charge in [0.15, 0.2) is 5.54 Å². The second-order valence-electron chi connectivity index (χ2n) is 9.71. The first-order chi connectivity index (χ1) is 18.9. The fourth-order valence-corrected chi connectivity index (χ4v) is 5.18. The molecule has 3 aromatic rings. The van der Waals surface area contributed by atoms with E-state index in [4.69, 9.17) is 9.47 Å². The van der Waals surface area contributed by atoms with Crippen LogP contribution >= 0.6 is 0 Å². The van der Waals surface area contributed by atoms with E-state index >= 15 is 0 Å². The zero-order chi connectivity index (χ0) is 27.0. The van der Waals surface area contributed by atoms with Crippen molar-refractivity contribution in [3.05, 3.63) is 88.9 Å². The molecule has 4 heterocycles. The Kier molecular flexibility index (Phi) is 6.35. The summed E-state index contributed by atoms with van der Waals surface area (Å²) < 4.78 is 25.0. The molecule has 0 spiro atoms. The molecule has 0 bridgehead atoms. The van der Waals surface area contributed by atoms with Gasteiger partial charge in [0, 0.05) is 31.4 Å². The molecule has 200 valence electrons. The van der Waals surface area contributed by atoms with Crippen LogP contribution in [0.25, 0.3) is 0 Å². The largest absolute Gasteiger partial charge is 0.489 e. The Labute approximate surface area is 223 Å². The highest BCUT2D eigenvalue weighted by atomic mass is 19.1. The lowest BCUT2D eigenvalue weighted by Gasteiger charge is -2.31. The number of amides is 4. The Balaban J connectivity index is 1.17. The average Bonchev–Trinajstić information content (AvgIpc) is 3.42. The maximum absolute atomic E-state index is 13.6. The van der Waals surface area contributed by atoms with Gasteiger partial charge < -0.3 is 24.6 Å². The van der Waals surface area contributed by atoms with Gasteiger partial charge in [-0.05, 0) is 59.2 Å². The molecule has 0 saturated carbocycles. The van der Waals surface area contributed by atoms with Crippen LogP contribution < -0.4 is 20.3 Å². The predicted octanol–water partition coefficient (Wildman–Crippen LogP) is 2.33. The number of hydrogen-bond donors (Lipinski definition) is 2. The number of pyridine rings is 1. The van der Waals surface area contributed by atoms with Crippen LogP contribution in [0.1, 0.15) is 27.0 Å². The number of rotatable bonds is 7. The van der Waals surface area contributed by atoms with E-state index in [1.807, 2.05) is 18.2 Å². The summed E-state index contributed by atoms with van der Waals surface area (Å²) in [6, 6.07) is 13.8. The molecule has 2 fully saturated rings. The lowest BCUT2D eigenvalue weighted by atomic mass is 9.89. The molecule has 10 nitrogen and oxygen atoms in total. The minimum absolute atomic E-state index is 0.110. The first kappa shape index (κ1) is 24.8. The van der Waals surface area contributed by atoms with E-state index in [1.54, 1.807) is 18.3 Å². The van der Waals surface area contributed by atoms with E-state index in [9.17, 15) is 18.8 Å². The second-order valence-corrected chi connectivity index (χ2v) is 9.71. The number of hydrogen-bond acceptors (Lipinski definition) is 7. The Hall–Kier alpha value is -4.51. The van der Waals surface area contributed by atoms with Crippen LogP contribution in [0.4, 0.5) is 15.0 Å². The number of imide groups is 1. The van der Waals surface area contributed by atoms with Crippen LogP contribution in [0, 0.1) is 5.82 Å². The number of benzene rings is 2. The van der Waals surface area contributed by atoms with Crippen LogP contribution in [0.3, 0.4) is 0 Å². The van der Waals surface area contributed by atoms with Crippen molar-refractivity contribution in [2.75, 3.05) is 37.7 Å². The van der Waals surface area contributed by atoms with Gasteiger partial charge in [0.25, 0.3) is 11.8 Å². The molecule has 0 radical (unpaired) electrons. The van der Waals surface area contributed by atoms with Crippen molar-refractivity contribution in [2.24, 2.45) is 0 Å². The summed E-state index contributed by atoms with van der Waals surface area (Å²) in [6.45, 7) is 3.39. The summed E-state index contributed by atoms with van der Waals surface area (Å²) in [6.07, 6.45) is 1.76. The highest BCUT2D eigenvalue weighted by Gasteiger charge is 2.50. The number of fused-ring (bicyclic) bond motifs is 1. The summed E-state index contributed by atoms with van der Waals surface area (Å²) in [4.78, 5) is 46.4. The zero-order valence-corrected chi connectivity index (χ0v) is 21.0. The normalized spacial score (nSPS) is 20.6. The van der Waals surface area contributed by atoms with E-state index < -0.39 is 23.3 Å². The molecule has 4 amide bonds. The quantitative estimate of drug-likeness (QED) is 0.450. The van der Waals surface area contributed by atoms with Crippen molar-refractivity contribution >= 4 is 23.7 Å². The molecule has 0 aliphatic carbocycles. The topological polar surface area (TPSA) is 113 Å². The number of urea groups is 1. The number of carbonyl (C=O) groups is 3. The monoisotopic (exact) mass is 531 g/mol. The van der Waals surface area contributed by atoms with Crippen LogP contribution in [0.15, 0.2) is 60.8 Å². The molecular formula is C28H26FN5O5. The number of nitrogens with zero attached hydrogens (tertiary/aromatic N) is 3. The summed E-state index contributed by atoms with van der Waals surface area (Å²) >= 11 is 0. The van der Waals surface area contributed by atoms with Gasteiger partial charge in [-0.1, -0.05) is 12.1 Å². The van der Waals surface area contributed by atoms with Crippen LogP contribution in [-0.2, 0) is 28.2 Å². The highest BCUT2D eigenvalue weighted by Crippen LogP contribution is 2.33. The van der Waals surface area contributed by atoms with Gasteiger partial charge >= 0.3 is 6.03 Å². The van der Waals surface area contributed by atoms with E-state index in [2.05, 4.69) is 20.5 Å². The number of morpholine rings is 1. The van der Waals surface area contributed by atoms with E-state index in [0.29, 0.717) is 36.7 Å². The Bertz CT molecular complexity index is 1440. The molecule has 11 heteroatoms. The average molecular weight is 532 g/mol. The van der Waals surface area contributed by atoms with E-state index in [0.717, 1.165) is 30.0 Å². The summed E-state index contributed by atoms with van der Waals surface area (Å²) in [5.74, 6) is 0.151. The third kappa shape index (κ3) is 4.76. The van der Waals surface area contributed by atoms with Crippen LogP contribution in [0.2, 0.25) is 0 Å². The van der Waals surface area contributed by atoms with E-state index in [-0.39, 0.29) is 19.0 Å². The second kappa shape index (κ2) is 9.99. The third-order valence-electron chi connectivity index (χ3n) is 7.21. The van der Waals surface area contributed by atoms with Crippen molar-refractivity contribution < 1.29 is 28.2 Å². The van der Waals surface area contributed by atoms with Gasteiger partial charge in [-0.25, -0.2) is 14.2 Å². The number of carbonyl (C=O) groups excluding carboxylic acids is 3. The van der Waals surface area contributed by atoms with Gasteiger partial charge in [-0.2, -0.15) is 0 Å². The van der Waals surface area contributed by atoms with Gasteiger partial charge in [0.05, 0.1) is 19.8 Å². The molecule has 1 aromatic heterocycles. The summed E-state index contributed by atoms with van der Waals surface area (Å²) in [5, 5.41) is 4.89. The van der Waals surface area contributed by atoms with Gasteiger partial charge in [0.1, 0.15) is 24.0 Å². The van der Waals surface area contributed by atoms with Gasteiger partial charge in [-0.15, -0.1) is 0 Å². The first-order valence-corrected chi connectivity index (χ1v) is 12.6. The molecule has 3 aliphatic heterocycles. The fourth-order valence-electron chi connectivity index (χ4n) is 5.18. The summed E-state index contributed by atoms with van der Waals surface area (Å²) in [5.41, 5.74) is 1.07. The van der Waals surface area contributed by atoms with E-state index in [1.165, 1.54) is 29.2 Å². The molecule has 39 heavy (non-hydrogen) atoms. The SMILES string of the molecule is O=C1NC(=O)[C@](CN2Cc3cc(OCc4ccnc(N5CCOCC5)c4)ccc3C2=O)(c2ccc(F)cc2)N1. The zero-order valence-electron chi connectivity index (χ0n) is 21.0. The van der Waals surface area contributed by atoms with Crippen molar-refractivity contribution in [3.63, 3.8) is 0 Å². The molecule has 3 aliphatic rings. The molecule has 6 rings (SSSR count). The Morgan fingerprint density at radius 3 is 2.56 bits per heavy atom. The number of nitrogens with one attached hydrogen (secondary N) is 2. The smallest absolute Gasteiger partial charge is 0.322 e. The summed E-state index contributed by atoms with van der Waals surface area (Å²) in [7, 11) is 0. The van der Waals surface area contributed by atoms with Gasteiger partial charge in [0.2, 0.25) is 0 Å². The Morgan fingerprint density at radius 2 is 1.82 bits per heavy atom. The lowest BCUT2D eigenvalue weighted by molar-refractivity contribution is -0.124. The molecule has 2 N–H and O–H groups in total. The fraction of sp³-hybridized carbons (Fsp3) is 0.286. The van der Waals surface area contributed by atoms with Crippen molar-refractivity contribution in [1.82, 2.24) is 20.5 Å². The molecule has 2 aromatic carbocycles. The van der Waals surface area contributed by atoms with Crippen molar-refractivity contribution in [2.45, 2.75) is 18.7 Å². The third-order valence-corrected chi connectivity index (χ3v) is 7.21. The van der Waals surface area contributed by atoms with Gasteiger partial charge in [-0.3, -0.25) is 14.9 Å². The number of anilines is 1. The highest BCUT2D eigenvalue weighted by molar-refractivity contribution is 6.08. The van der Waals surface area contributed by atoms with Crippen LogP contribution in [0.5, 0.6) is 5.75 Å². The standard InChI is InChI=1S/C28H26FN5O5/c29-21-3-1-20(2-4-21)28(26(36)31-27(37)32-28)17-34-15-19-14-22(5-6-23(19)25(34)35)39-16-18-7-8-30-24(13-18)33-9-11-38-12-10-33/h1-8,13-14H,9-12,15-17H2,(H2,31,32,36,37)/t28-/m0/s1. The molecule has 0 unspecified atom stereocenters. The molecule has 1 atom stereocenters. The molecule has 2 saturated heterocycles. The van der Waals surface area contributed by atoms with Crippen LogP contribution in [-0.4, -0.2) is 60.6 Å². The number of ether oxygens (including phenoxy) is 2. The maximum atomic E-state index is 13.6. The number of halogens is 1. The van der Waals surface area contributed by atoms with Crippen molar-refractivity contribution in [1.29, 1.82) is 0 Å².